The van der Waals surface area contributed by atoms with E-state index in [2.05, 4.69) is 27.7 Å². The summed E-state index contributed by atoms with van der Waals surface area (Å²) in [5.74, 6) is 3.37. The van der Waals surface area contributed by atoms with Crippen LogP contribution in [0.15, 0.2) is 30.3 Å². The number of carbonyl (C=O) groups is 1. The van der Waals surface area contributed by atoms with E-state index < -0.39 is 6.10 Å². The Kier molecular flexibility index (Phi) is 11.9. The van der Waals surface area contributed by atoms with Gasteiger partial charge in [0.2, 0.25) is 0 Å². The van der Waals surface area contributed by atoms with Crippen LogP contribution in [-0.4, -0.2) is 32.2 Å². The Morgan fingerprint density at radius 2 is 1.27 bits per heavy atom. The summed E-state index contributed by atoms with van der Waals surface area (Å²) in [7, 11) is 0. The van der Waals surface area contributed by atoms with Crippen LogP contribution in [0.5, 0.6) is 28.7 Å². The zero-order chi connectivity index (χ0) is 26.5. The molecule has 2 aromatic carbocycles. The second-order valence-corrected chi connectivity index (χ2v) is 9.55. The third kappa shape index (κ3) is 8.31. The second kappa shape index (κ2) is 15.4. The van der Waals surface area contributed by atoms with Crippen molar-refractivity contribution in [3.05, 3.63) is 41.5 Å². The molecule has 3 rings (SSSR count). The Morgan fingerprint density at radius 3 is 1.89 bits per heavy atom. The van der Waals surface area contributed by atoms with Crippen LogP contribution in [0.4, 0.5) is 0 Å². The van der Waals surface area contributed by atoms with Gasteiger partial charge < -0.3 is 23.7 Å². The van der Waals surface area contributed by atoms with Crippen LogP contribution >= 0.6 is 0 Å². The number of hydrogen-bond donors (Lipinski definition) is 0. The molecule has 1 heterocycles. The maximum Gasteiger partial charge on any atom is 0.182 e. The van der Waals surface area contributed by atoms with Gasteiger partial charge in [-0.05, 0) is 37.8 Å². The molecule has 0 bridgehead atoms. The standard InChI is InChI=1S/C31H44O6/c1-5-9-15-33-24-20-28(35-17-11-7-3)25-22-26(32)31(37-29(25)21-24)23-13-14-27(34-16-10-6-2)30(19-23)36-18-12-8-4/h13-14,19-21,31H,5-12,15-18,22H2,1-4H3/t31-/m0/s1. The molecule has 0 amide bonds. The molecule has 1 atom stereocenters. The largest absolute Gasteiger partial charge is 0.493 e. The maximum absolute atomic E-state index is 13.3. The van der Waals surface area contributed by atoms with Crippen molar-refractivity contribution < 1.29 is 28.5 Å². The van der Waals surface area contributed by atoms with Crippen molar-refractivity contribution in [2.24, 2.45) is 0 Å². The molecule has 0 unspecified atom stereocenters. The summed E-state index contributed by atoms with van der Waals surface area (Å²) in [6, 6.07) is 9.47. The highest BCUT2D eigenvalue weighted by Crippen LogP contribution is 2.42. The molecule has 204 valence electrons. The molecule has 1 aliphatic rings. The minimum atomic E-state index is -0.722. The first kappa shape index (κ1) is 28.7. The van der Waals surface area contributed by atoms with Crippen molar-refractivity contribution in [1.82, 2.24) is 0 Å². The van der Waals surface area contributed by atoms with Gasteiger partial charge in [0.05, 0.1) is 26.4 Å². The molecule has 0 radical (unpaired) electrons. The van der Waals surface area contributed by atoms with Crippen LogP contribution in [0.2, 0.25) is 0 Å². The van der Waals surface area contributed by atoms with Crippen LogP contribution in [-0.2, 0) is 11.2 Å². The monoisotopic (exact) mass is 512 g/mol. The smallest absolute Gasteiger partial charge is 0.182 e. The molecule has 6 heteroatoms. The highest BCUT2D eigenvalue weighted by molar-refractivity contribution is 5.90. The molecule has 0 aliphatic carbocycles. The normalized spacial score (nSPS) is 14.6. The van der Waals surface area contributed by atoms with Crippen molar-refractivity contribution in [2.75, 3.05) is 26.4 Å². The van der Waals surface area contributed by atoms with E-state index in [0.717, 1.165) is 62.5 Å². The van der Waals surface area contributed by atoms with Crippen molar-refractivity contribution >= 4 is 5.78 Å². The lowest BCUT2D eigenvalue weighted by Gasteiger charge is -2.28. The van der Waals surface area contributed by atoms with E-state index in [-0.39, 0.29) is 12.2 Å². The average Bonchev–Trinajstić information content (AvgIpc) is 2.90. The quantitative estimate of drug-likeness (QED) is 0.203. The first-order chi connectivity index (χ1) is 18.1. The third-order valence-corrected chi connectivity index (χ3v) is 6.33. The van der Waals surface area contributed by atoms with E-state index >= 15 is 0 Å². The lowest BCUT2D eigenvalue weighted by Crippen LogP contribution is -2.26. The Hall–Kier alpha value is -2.89. The van der Waals surface area contributed by atoms with Gasteiger partial charge in [-0.2, -0.15) is 0 Å². The number of ketones is 1. The molecule has 0 aromatic heterocycles. The van der Waals surface area contributed by atoms with Crippen LogP contribution in [0, 0.1) is 0 Å². The number of benzene rings is 2. The summed E-state index contributed by atoms with van der Waals surface area (Å²) in [6.45, 7) is 11.0. The first-order valence-corrected chi connectivity index (χ1v) is 14.1. The Morgan fingerprint density at radius 1 is 0.703 bits per heavy atom. The van der Waals surface area contributed by atoms with Gasteiger partial charge in [-0.3, -0.25) is 4.79 Å². The van der Waals surface area contributed by atoms with E-state index in [4.69, 9.17) is 23.7 Å². The Bertz CT molecular complexity index is 986. The van der Waals surface area contributed by atoms with Gasteiger partial charge in [0.15, 0.2) is 23.4 Å². The van der Waals surface area contributed by atoms with Crippen molar-refractivity contribution in [1.29, 1.82) is 0 Å². The molecule has 0 spiro atoms. The fraction of sp³-hybridized carbons (Fsp3) is 0.581. The van der Waals surface area contributed by atoms with Gasteiger partial charge in [0.1, 0.15) is 17.2 Å². The minimum Gasteiger partial charge on any atom is -0.493 e. The highest BCUT2D eigenvalue weighted by Gasteiger charge is 2.33. The number of ether oxygens (including phenoxy) is 5. The van der Waals surface area contributed by atoms with Gasteiger partial charge in [-0.25, -0.2) is 0 Å². The SMILES string of the molecule is CCCCOc1cc(OCCCC)c2c(c1)O[C@@H](c1ccc(OCCCC)c(OCCCC)c1)C(=O)C2. The average molecular weight is 513 g/mol. The predicted octanol–water partition coefficient (Wildman–Crippen LogP) is 7.65. The van der Waals surface area contributed by atoms with Crippen LogP contribution < -0.4 is 23.7 Å². The third-order valence-electron chi connectivity index (χ3n) is 6.33. The van der Waals surface area contributed by atoms with Gasteiger partial charge in [0.25, 0.3) is 0 Å². The maximum atomic E-state index is 13.3. The molecule has 0 N–H and O–H groups in total. The number of rotatable bonds is 17. The summed E-state index contributed by atoms with van der Waals surface area (Å²) < 4.78 is 30.4. The lowest BCUT2D eigenvalue weighted by atomic mass is 9.95. The molecule has 2 aromatic rings. The Balaban J connectivity index is 1.87. The van der Waals surface area contributed by atoms with Gasteiger partial charge in [-0.1, -0.05) is 59.4 Å². The Labute approximate surface area is 222 Å². The second-order valence-electron chi connectivity index (χ2n) is 9.55. The molecule has 0 saturated heterocycles. The van der Waals surface area contributed by atoms with E-state index in [1.54, 1.807) is 0 Å². The van der Waals surface area contributed by atoms with Crippen molar-refractivity contribution in [2.45, 2.75) is 91.6 Å². The summed E-state index contributed by atoms with van der Waals surface area (Å²) in [5, 5.41) is 0. The van der Waals surface area contributed by atoms with E-state index in [9.17, 15) is 4.79 Å². The summed E-state index contributed by atoms with van der Waals surface area (Å²) >= 11 is 0. The molecular formula is C31H44O6. The van der Waals surface area contributed by atoms with E-state index in [1.165, 1.54) is 0 Å². The summed E-state index contributed by atoms with van der Waals surface area (Å²) in [6.07, 6.45) is 7.55. The van der Waals surface area contributed by atoms with Crippen LogP contribution in [0.25, 0.3) is 0 Å². The van der Waals surface area contributed by atoms with Gasteiger partial charge in [0, 0.05) is 29.7 Å². The van der Waals surface area contributed by atoms with E-state index in [1.807, 2.05) is 30.3 Å². The molecule has 0 fully saturated rings. The molecule has 1 aliphatic heterocycles. The number of fused-ring (bicyclic) bond motifs is 1. The summed E-state index contributed by atoms with van der Waals surface area (Å²) in [4.78, 5) is 13.3. The predicted molar refractivity (Wildman–Crippen MR) is 147 cm³/mol. The van der Waals surface area contributed by atoms with Gasteiger partial charge in [-0.15, -0.1) is 0 Å². The fourth-order valence-corrected chi connectivity index (χ4v) is 4.03. The lowest BCUT2D eigenvalue weighted by molar-refractivity contribution is -0.126. The number of Topliss-reactive ketones (excluding diaryl/α,β-unsaturated/α-hetero) is 1. The summed E-state index contributed by atoms with van der Waals surface area (Å²) in [5.41, 5.74) is 1.55. The number of carbonyl (C=O) groups excluding carboxylic acids is 1. The van der Waals surface area contributed by atoms with Crippen molar-refractivity contribution in [3.63, 3.8) is 0 Å². The zero-order valence-electron chi connectivity index (χ0n) is 23.1. The molecule has 0 saturated carbocycles. The molecule has 37 heavy (non-hydrogen) atoms. The fourth-order valence-electron chi connectivity index (χ4n) is 4.03. The number of unbranched alkanes of at least 4 members (excludes halogenated alkanes) is 4. The first-order valence-electron chi connectivity index (χ1n) is 14.1. The zero-order valence-corrected chi connectivity index (χ0v) is 23.1. The molecule has 6 nitrogen and oxygen atoms in total. The topological polar surface area (TPSA) is 63.2 Å². The minimum absolute atomic E-state index is 0.00773. The van der Waals surface area contributed by atoms with Crippen molar-refractivity contribution in [3.8, 4) is 28.7 Å². The van der Waals surface area contributed by atoms with Crippen LogP contribution in [0.3, 0.4) is 0 Å². The van der Waals surface area contributed by atoms with E-state index in [0.29, 0.717) is 55.2 Å². The molecular weight excluding hydrogens is 468 g/mol. The highest BCUT2D eigenvalue weighted by atomic mass is 16.5. The number of hydrogen-bond acceptors (Lipinski definition) is 6. The van der Waals surface area contributed by atoms with Gasteiger partial charge >= 0.3 is 0 Å². The van der Waals surface area contributed by atoms with Crippen LogP contribution in [0.1, 0.15) is 96.3 Å².